The summed E-state index contributed by atoms with van der Waals surface area (Å²) in [4.78, 5) is 11.1. The van der Waals surface area contributed by atoms with Crippen molar-refractivity contribution in [1.82, 2.24) is 0 Å². The van der Waals surface area contributed by atoms with Crippen LogP contribution in [-0.4, -0.2) is 14.3 Å². The summed E-state index contributed by atoms with van der Waals surface area (Å²) in [5, 5.41) is 0. The van der Waals surface area contributed by atoms with Gasteiger partial charge in [0.1, 0.15) is 11.6 Å². The van der Waals surface area contributed by atoms with Crippen LogP contribution in [0, 0.1) is 11.6 Å². The molecule has 0 radical (unpaired) electrons. The third-order valence-corrected chi connectivity index (χ3v) is 5.32. The lowest BCUT2D eigenvalue weighted by Crippen LogP contribution is -2.17. The third kappa shape index (κ3) is 4.14. The molecular formula is C17H18F2N2O3S. The Kier molecular flexibility index (Phi) is 5.42. The summed E-state index contributed by atoms with van der Waals surface area (Å²) < 4.78 is 54.1. The van der Waals surface area contributed by atoms with Crippen molar-refractivity contribution < 1.29 is 22.0 Å². The van der Waals surface area contributed by atoms with E-state index in [0.717, 1.165) is 18.1 Å². The first-order valence-corrected chi connectivity index (χ1v) is 9.05. The minimum atomic E-state index is -4.10. The van der Waals surface area contributed by atoms with E-state index in [0.29, 0.717) is 6.07 Å². The van der Waals surface area contributed by atoms with Crippen LogP contribution in [-0.2, 0) is 10.0 Å². The highest BCUT2D eigenvalue weighted by molar-refractivity contribution is 7.92. The second kappa shape index (κ2) is 7.18. The molecule has 0 fully saturated rings. The zero-order valence-corrected chi connectivity index (χ0v) is 14.5. The van der Waals surface area contributed by atoms with Crippen molar-refractivity contribution in [3.63, 3.8) is 0 Å². The summed E-state index contributed by atoms with van der Waals surface area (Å²) in [6.07, 6.45) is 0.904. The van der Waals surface area contributed by atoms with E-state index in [1.165, 1.54) is 12.1 Å². The van der Waals surface area contributed by atoms with Crippen LogP contribution >= 0.6 is 0 Å². The molecule has 0 aliphatic rings. The highest BCUT2D eigenvalue weighted by atomic mass is 32.2. The predicted octanol–water partition coefficient (Wildman–Crippen LogP) is 3.38. The molecule has 2 rings (SSSR count). The average molecular weight is 368 g/mol. The second-order valence-corrected chi connectivity index (χ2v) is 7.34. The van der Waals surface area contributed by atoms with Crippen molar-refractivity contribution in [2.75, 3.05) is 4.72 Å². The van der Waals surface area contributed by atoms with E-state index in [4.69, 9.17) is 5.73 Å². The van der Waals surface area contributed by atoms with Gasteiger partial charge in [-0.2, -0.15) is 0 Å². The first-order valence-electron chi connectivity index (χ1n) is 7.57. The number of nitrogens with one attached hydrogen (secondary N) is 1. The molecular weight excluding hydrogens is 350 g/mol. The van der Waals surface area contributed by atoms with E-state index in [1.807, 2.05) is 18.6 Å². The van der Waals surface area contributed by atoms with Gasteiger partial charge in [0.15, 0.2) is 0 Å². The van der Waals surface area contributed by atoms with Gasteiger partial charge in [-0.25, -0.2) is 17.2 Å². The number of carbonyl (C=O) groups is 1. The number of nitrogens with two attached hydrogens (primary N) is 1. The fourth-order valence-electron chi connectivity index (χ4n) is 2.23. The van der Waals surface area contributed by atoms with Gasteiger partial charge in [0.05, 0.1) is 16.1 Å². The van der Waals surface area contributed by atoms with E-state index in [2.05, 4.69) is 0 Å². The Hall–Kier alpha value is -2.48. The zero-order valence-electron chi connectivity index (χ0n) is 13.7. The van der Waals surface area contributed by atoms with Crippen LogP contribution in [0.25, 0.3) is 0 Å². The molecule has 0 bridgehead atoms. The topological polar surface area (TPSA) is 89.3 Å². The number of hydrogen-bond donors (Lipinski definition) is 2. The third-order valence-electron chi connectivity index (χ3n) is 3.94. The Balaban J connectivity index is 2.36. The van der Waals surface area contributed by atoms with Crippen molar-refractivity contribution >= 4 is 21.6 Å². The molecule has 8 heteroatoms. The fraction of sp³-hybridized carbons (Fsp3) is 0.235. The van der Waals surface area contributed by atoms with Crippen LogP contribution in [0.3, 0.4) is 0 Å². The number of hydrogen-bond acceptors (Lipinski definition) is 3. The highest BCUT2D eigenvalue weighted by Crippen LogP contribution is 2.24. The van der Waals surface area contributed by atoms with Crippen LogP contribution in [0.15, 0.2) is 41.3 Å². The van der Waals surface area contributed by atoms with Crippen molar-refractivity contribution in [3.8, 4) is 0 Å². The highest BCUT2D eigenvalue weighted by Gasteiger charge is 2.20. The Morgan fingerprint density at radius 1 is 1.16 bits per heavy atom. The van der Waals surface area contributed by atoms with Crippen molar-refractivity contribution in [2.45, 2.75) is 31.1 Å². The number of primary amides is 1. The molecule has 134 valence electrons. The van der Waals surface area contributed by atoms with E-state index >= 15 is 0 Å². The molecule has 0 aromatic heterocycles. The van der Waals surface area contributed by atoms with Crippen LogP contribution in [0.5, 0.6) is 0 Å². The second-order valence-electron chi connectivity index (χ2n) is 5.66. The Bertz CT molecular complexity index is 897. The largest absolute Gasteiger partial charge is 0.366 e. The molecule has 1 atom stereocenters. The quantitative estimate of drug-likeness (QED) is 0.819. The van der Waals surface area contributed by atoms with Gasteiger partial charge < -0.3 is 5.73 Å². The van der Waals surface area contributed by atoms with Gasteiger partial charge in [0.2, 0.25) is 0 Å². The zero-order chi connectivity index (χ0) is 18.8. The number of sulfonamides is 1. The fourth-order valence-corrected chi connectivity index (χ4v) is 3.29. The number of benzene rings is 2. The molecule has 0 aliphatic heterocycles. The molecule has 2 aromatic carbocycles. The summed E-state index contributed by atoms with van der Waals surface area (Å²) in [7, 11) is -4.10. The van der Waals surface area contributed by atoms with Crippen LogP contribution in [0.1, 0.15) is 42.1 Å². The SMILES string of the molecule is CCC(C)c1ccc(S(=O)(=O)Nc2cc(C(N)=O)c(F)cc2F)cc1. The molecule has 5 nitrogen and oxygen atoms in total. The maximum atomic E-state index is 13.8. The summed E-state index contributed by atoms with van der Waals surface area (Å²) in [5.74, 6) is -3.17. The predicted molar refractivity (Wildman–Crippen MR) is 90.8 cm³/mol. The summed E-state index contributed by atoms with van der Waals surface area (Å²) >= 11 is 0. The summed E-state index contributed by atoms with van der Waals surface area (Å²) in [6.45, 7) is 4.03. The van der Waals surface area contributed by atoms with Gasteiger partial charge in [-0.15, -0.1) is 0 Å². The molecule has 0 heterocycles. The Labute approximate surface area is 144 Å². The molecule has 1 unspecified atom stereocenters. The molecule has 1 amide bonds. The molecule has 2 aromatic rings. The van der Waals surface area contributed by atoms with Gasteiger partial charge in [0, 0.05) is 6.07 Å². The molecule has 3 N–H and O–H groups in total. The Morgan fingerprint density at radius 3 is 2.28 bits per heavy atom. The van der Waals surface area contributed by atoms with Gasteiger partial charge >= 0.3 is 0 Å². The number of amides is 1. The van der Waals surface area contributed by atoms with E-state index in [1.54, 1.807) is 12.1 Å². The average Bonchev–Trinajstić information content (AvgIpc) is 2.56. The number of halogens is 2. The standard InChI is InChI=1S/C17H18F2N2O3S/c1-3-10(2)11-4-6-12(7-5-11)25(23,24)21-16-8-13(17(20)22)14(18)9-15(16)19/h4-10,21H,3H2,1-2H3,(H2,20,22). The van der Waals surface area contributed by atoms with E-state index in [-0.39, 0.29) is 10.8 Å². The van der Waals surface area contributed by atoms with Crippen LogP contribution < -0.4 is 10.5 Å². The smallest absolute Gasteiger partial charge is 0.261 e. The lowest BCUT2D eigenvalue weighted by atomic mass is 9.99. The van der Waals surface area contributed by atoms with Gasteiger partial charge in [-0.3, -0.25) is 9.52 Å². The number of rotatable bonds is 6. The lowest BCUT2D eigenvalue weighted by molar-refractivity contribution is 0.0996. The van der Waals surface area contributed by atoms with Crippen molar-refractivity contribution in [2.24, 2.45) is 5.73 Å². The minimum absolute atomic E-state index is 0.0797. The molecule has 0 saturated carbocycles. The number of anilines is 1. The van der Waals surface area contributed by atoms with Crippen molar-refractivity contribution in [1.29, 1.82) is 0 Å². The normalized spacial score (nSPS) is 12.6. The Morgan fingerprint density at radius 2 is 1.76 bits per heavy atom. The van der Waals surface area contributed by atoms with Gasteiger partial charge in [-0.05, 0) is 36.1 Å². The number of carbonyl (C=O) groups excluding carboxylic acids is 1. The maximum absolute atomic E-state index is 13.8. The molecule has 0 saturated heterocycles. The van der Waals surface area contributed by atoms with Crippen LogP contribution in [0.4, 0.5) is 14.5 Å². The monoisotopic (exact) mass is 368 g/mol. The van der Waals surface area contributed by atoms with Crippen molar-refractivity contribution in [3.05, 3.63) is 59.2 Å². The van der Waals surface area contributed by atoms with E-state index < -0.39 is 38.8 Å². The van der Waals surface area contributed by atoms with Gasteiger partial charge in [-0.1, -0.05) is 26.0 Å². The maximum Gasteiger partial charge on any atom is 0.261 e. The molecule has 25 heavy (non-hydrogen) atoms. The van der Waals surface area contributed by atoms with E-state index in [9.17, 15) is 22.0 Å². The first kappa shape index (κ1) is 18.9. The minimum Gasteiger partial charge on any atom is -0.366 e. The molecule has 0 aliphatic carbocycles. The first-order chi connectivity index (χ1) is 11.7. The van der Waals surface area contributed by atoms with Gasteiger partial charge in [0.25, 0.3) is 15.9 Å². The summed E-state index contributed by atoms with van der Waals surface area (Å²) in [6, 6.07) is 7.31. The molecule has 0 spiro atoms. The summed E-state index contributed by atoms with van der Waals surface area (Å²) in [5.41, 5.74) is 4.81. The lowest BCUT2D eigenvalue weighted by Gasteiger charge is -2.12. The van der Waals surface area contributed by atoms with Crippen LogP contribution in [0.2, 0.25) is 0 Å².